The highest BCUT2D eigenvalue weighted by molar-refractivity contribution is 5.81. The second-order valence-electron chi connectivity index (χ2n) is 4.14. The fourth-order valence-corrected chi connectivity index (χ4v) is 1.70. The van der Waals surface area contributed by atoms with Crippen LogP contribution in [0.2, 0.25) is 0 Å². The van der Waals surface area contributed by atoms with Gasteiger partial charge in [0.15, 0.2) is 0 Å². The van der Waals surface area contributed by atoms with Gasteiger partial charge in [0, 0.05) is 20.2 Å². The molecule has 0 spiro atoms. The Morgan fingerprint density at radius 1 is 1.50 bits per heavy atom. The van der Waals surface area contributed by atoms with Gasteiger partial charge < -0.3 is 14.4 Å². The Morgan fingerprint density at radius 2 is 2.19 bits per heavy atom. The number of carbonyl (C=O) groups is 2. The summed E-state index contributed by atoms with van der Waals surface area (Å²) in [5.41, 5.74) is 0. The summed E-state index contributed by atoms with van der Waals surface area (Å²) in [7, 11) is 3.02. The average Bonchev–Trinajstić information content (AvgIpc) is 2.70. The van der Waals surface area contributed by atoms with Crippen LogP contribution in [0.5, 0.6) is 0 Å². The van der Waals surface area contributed by atoms with E-state index < -0.39 is 0 Å². The van der Waals surface area contributed by atoms with Crippen molar-refractivity contribution in [3.63, 3.8) is 0 Å². The zero-order chi connectivity index (χ0) is 12.1. The highest BCUT2D eigenvalue weighted by Crippen LogP contribution is 2.21. The molecule has 5 heteroatoms. The van der Waals surface area contributed by atoms with Gasteiger partial charge in [0.1, 0.15) is 6.10 Å². The van der Waals surface area contributed by atoms with Crippen LogP contribution in [0.3, 0.4) is 0 Å². The van der Waals surface area contributed by atoms with Crippen LogP contribution in [0.25, 0.3) is 0 Å². The second kappa shape index (κ2) is 5.84. The molecule has 0 N–H and O–H groups in total. The summed E-state index contributed by atoms with van der Waals surface area (Å²) in [5, 5.41) is 0. The first kappa shape index (κ1) is 13.0. The number of hydrogen-bond acceptors (Lipinski definition) is 4. The minimum atomic E-state index is -0.345. The minimum absolute atomic E-state index is 0.0473. The molecular weight excluding hydrogens is 210 g/mol. The predicted octanol–water partition coefficient (Wildman–Crippen LogP) is 0.433. The molecular formula is C11H19NO4. The molecule has 2 atom stereocenters. The molecule has 0 aliphatic carbocycles. The lowest BCUT2D eigenvalue weighted by Gasteiger charge is -2.22. The molecule has 2 unspecified atom stereocenters. The van der Waals surface area contributed by atoms with E-state index in [1.165, 1.54) is 12.0 Å². The van der Waals surface area contributed by atoms with Crippen LogP contribution in [-0.4, -0.2) is 50.2 Å². The first-order valence-corrected chi connectivity index (χ1v) is 5.49. The van der Waals surface area contributed by atoms with Crippen molar-refractivity contribution in [1.82, 2.24) is 4.90 Å². The topological polar surface area (TPSA) is 55.8 Å². The SMILES string of the molecule is COC(=O)CCN(C)C(=O)C1OCCC1C. The molecule has 1 heterocycles. The van der Waals surface area contributed by atoms with Gasteiger partial charge in [-0.05, 0) is 12.3 Å². The summed E-state index contributed by atoms with van der Waals surface area (Å²) in [5.74, 6) is -0.0954. The highest BCUT2D eigenvalue weighted by Gasteiger charge is 2.32. The lowest BCUT2D eigenvalue weighted by molar-refractivity contribution is -0.144. The van der Waals surface area contributed by atoms with Gasteiger partial charge in [-0.15, -0.1) is 0 Å². The van der Waals surface area contributed by atoms with Crippen LogP contribution < -0.4 is 0 Å². The van der Waals surface area contributed by atoms with Crippen molar-refractivity contribution in [2.24, 2.45) is 5.92 Å². The normalized spacial score (nSPS) is 24.2. The summed E-state index contributed by atoms with van der Waals surface area (Å²) in [6, 6.07) is 0. The second-order valence-corrected chi connectivity index (χ2v) is 4.14. The number of nitrogens with zero attached hydrogens (tertiary/aromatic N) is 1. The molecule has 16 heavy (non-hydrogen) atoms. The van der Waals surface area contributed by atoms with E-state index in [1.54, 1.807) is 7.05 Å². The summed E-state index contributed by atoms with van der Waals surface area (Å²) in [6.45, 7) is 3.02. The van der Waals surface area contributed by atoms with Crippen LogP contribution in [0.4, 0.5) is 0 Å². The monoisotopic (exact) mass is 229 g/mol. The molecule has 0 aromatic rings. The molecule has 1 rings (SSSR count). The molecule has 92 valence electrons. The maximum atomic E-state index is 11.9. The Balaban J connectivity index is 2.38. The van der Waals surface area contributed by atoms with E-state index >= 15 is 0 Å². The van der Waals surface area contributed by atoms with E-state index in [0.717, 1.165) is 6.42 Å². The Morgan fingerprint density at radius 3 is 2.69 bits per heavy atom. The molecule has 1 aliphatic heterocycles. The van der Waals surface area contributed by atoms with Crippen molar-refractivity contribution in [2.45, 2.75) is 25.9 Å². The van der Waals surface area contributed by atoms with Crippen LogP contribution >= 0.6 is 0 Å². The molecule has 0 aromatic carbocycles. The Hall–Kier alpha value is -1.10. The number of amides is 1. The van der Waals surface area contributed by atoms with Crippen molar-refractivity contribution in [1.29, 1.82) is 0 Å². The third kappa shape index (κ3) is 3.20. The molecule has 1 fully saturated rings. The van der Waals surface area contributed by atoms with E-state index in [2.05, 4.69) is 4.74 Å². The van der Waals surface area contributed by atoms with E-state index in [-0.39, 0.29) is 30.3 Å². The van der Waals surface area contributed by atoms with Crippen LogP contribution in [-0.2, 0) is 19.1 Å². The zero-order valence-electron chi connectivity index (χ0n) is 10.1. The first-order valence-electron chi connectivity index (χ1n) is 5.49. The predicted molar refractivity (Wildman–Crippen MR) is 57.8 cm³/mol. The molecule has 0 radical (unpaired) electrons. The average molecular weight is 229 g/mol. The third-order valence-electron chi connectivity index (χ3n) is 2.89. The highest BCUT2D eigenvalue weighted by atomic mass is 16.5. The third-order valence-corrected chi connectivity index (χ3v) is 2.89. The number of rotatable bonds is 4. The lowest BCUT2D eigenvalue weighted by Crippen LogP contribution is -2.39. The van der Waals surface area contributed by atoms with Gasteiger partial charge in [0.25, 0.3) is 5.91 Å². The van der Waals surface area contributed by atoms with Crippen molar-refractivity contribution in [2.75, 3.05) is 27.3 Å². The van der Waals surface area contributed by atoms with Gasteiger partial charge in [-0.25, -0.2) is 0 Å². The summed E-state index contributed by atoms with van der Waals surface area (Å²) < 4.78 is 9.89. The van der Waals surface area contributed by atoms with E-state index in [0.29, 0.717) is 13.2 Å². The van der Waals surface area contributed by atoms with Gasteiger partial charge in [-0.3, -0.25) is 9.59 Å². The van der Waals surface area contributed by atoms with E-state index in [1.807, 2.05) is 6.92 Å². The largest absolute Gasteiger partial charge is 0.469 e. The Bertz CT molecular complexity index is 267. The lowest BCUT2D eigenvalue weighted by atomic mass is 10.0. The number of esters is 1. The maximum Gasteiger partial charge on any atom is 0.307 e. The summed E-state index contributed by atoms with van der Waals surface area (Å²) in [6.07, 6.45) is 0.795. The quantitative estimate of drug-likeness (QED) is 0.656. The molecule has 1 aliphatic rings. The van der Waals surface area contributed by atoms with Crippen molar-refractivity contribution >= 4 is 11.9 Å². The van der Waals surface area contributed by atoms with Crippen molar-refractivity contribution in [3.8, 4) is 0 Å². The standard InChI is InChI=1S/C11H19NO4/c1-8-5-7-16-10(8)11(14)12(2)6-4-9(13)15-3/h8,10H,4-7H2,1-3H3. The van der Waals surface area contributed by atoms with Crippen molar-refractivity contribution in [3.05, 3.63) is 0 Å². The number of ether oxygens (including phenoxy) is 2. The van der Waals surface area contributed by atoms with Gasteiger partial charge in [0.05, 0.1) is 13.5 Å². The summed E-state index contributed by atoms with van der Waals surface area (Å²) in [4.78, 5) is 24.4. The molecule has 1 saturated heterocycles. The molecule has 0 saturated carbocycles. The molecule has 1 amide bonds. The van der Waals surface area contributed by atoms with Gasteiger partial charge in [-0.2, -0.15) is 0 Å². The fourth-order valence-electron chi connectivity index (χ4n) is 1.70. The fraction of sp³-hybridized carbons (Fsp3) is 0.818. The van der Waals surface area contributed by atoms with Gasteiger partial charge in [0.2, 0.25) is 0 Å². The molecule has 0 bridgehead atoms. The van der Waals surface area contributed by atoms with Gasteiger partial charge >= 0.3 is 5.97 Å². The van der Waals surface area contributed by atoms with Crippen molar-refractivity contribution < 1.29 is 19.1 Å². The number of likely N-dealkylation sites (N-methyl/N-ethyl adjacent to an activating group) is 1. The Kier molecular flexibility index (Phi) is 4.73. The molecule has 5 nitrogen and oxygen atoms in total. The Labute approximate surface area is 95.7 Å². The minimum Gasteiger partial charge on any atom is -0.469 e. The first-order chi connectivity index (χ1) is 7.56. The van der Waals surface area contributed by atoms with Crippen LogP contribution in [0, 0.1) is 5.92 Å². The van der Waals surface area contributed by atoms with Crippen LogP contribution in [0.1, 0.15) is 19.8 Å². The van der Waals surface area contributed by atoms with Crippen LogP contribution in [0.15, 0.2) is 0 Å². The van der Waals surface area contributed by atoms with E-state index in [4.69, 9.17) is 4.74 Å². The number of carbonyl (C=O) groups excluding carboxylic acids is 2. The number of methoxy groups -OCH3 is 1. The summed E-state index contributed by atoms with van der Waals surface area (Å²) >= 11 is 0. The van der Waals surface area contributed by atoms with Gasteiger partial charge in [-0.1, -0.05) is 6.92 Å². The smallest absolute Gasteiger partial charge is 0.307 e. The molecule has 0 aromatic heterocycles. The maximum absolute atomic E-state index is 11.9. The van der Waals surface area contributed by atoms with E-state index in [9.17, 15) is 9.59 Å². The zero-order valence-corrected chi connectivity index (χ0v) is 10.1. The number of hydrogen-bond donors (Lipinski definition) is 0.